The van der Waals surface area contributed by atoms with E-state index in [0.29, 0.717) is 9.54 Å². The van der Waals surface area contributed by atoms with Gasteiger partial charge in [-0.25, -0.2) is 0 Å². The Kier molecular flexibility index (Phi) is 2.10. The molecule has 3 heteroatoms. The van der Waals surface area contributed by atoms with Crippen LogP contribution < -0.4 is 0 Å². The number of hydrogen-bond donors (Lipinski definition) is 1. The van der Waals surface area contributed by atoms with Gasteiger partial charge >= 0.3 is 66.1 Å². The molecular weight excluding hydrogens is 313 g/mol. The summed E-state index contributed by atoms with van der Waals surface area (Å²) in [5.41, 5.74) is 0. The van der Waals surface area contributed by atoms with Crippen molar-refractivity contribution in [1.29, 1.82) is 0 Å². The van der Waals surface area contributed by atoms with Crippen LogP contribution in [0.2, 0.25) is 7.25 Å². The molecule has 0 aromatic heterocycles. The third-order valence-electron chi connectivity index (χ3n) is 1.67. The normalized spacial score (nSPS) is 32.1. The van der Waals surface area contributed by atoms with Crippen LogP contribution in [0, 0.1) is 0 Å². The molecular formula is C6H11BiO2. The predicted octanol–water partition coefficient (Wildman–Crippen LogP) is 0.898. The first kappa shape index (κ1) is 7.46. The number of aliphatic carboxylic acids is 1. The minimum absolute atomic E-state index is 0.240. The number of carboxylic acids is 1. The summed E-state index contributed by atoms with van der Waals surface area (Å²) in [6, 6.07) is 0. The fraction of sp³-hybridized carbons (Fsp3) is 0.833. The van der Waals surface area contributed by atoms with Gasteiger partial charge in [0.1, 0.15) is 0 Å². The topological polar surface area (TPSA) is 37.3 Å². The van der Waals surface area contributed by atoms with E-state index in [9.17, 15) is 4.79 Å². The molecule has 1 N–H and O–H groups in total. The average molecular weight is 324 g/mol. The third-order valence-corrected chi connectivity index (χ3v) is 8.71. The Bertz CT molecular complexity index is 129. The van der Waals surface area contributed by atoms with Crippen molar-refractivity contribution >= 4 is 29.2 Å². The molecule has 0 spiro atoms. The summed E-state index contributed by atoms with van der Waals surface area (Å²) in [7, 11) is 0. The molecule has 1 atom stereocenters. The average Bonchev–Trinajstić information content (AvgIpc) is 2.45. The second-order valence-electron chi connectivity index (χ2n) is 2.81. The van der Waals surface area contributed by atoms with Gasteiger partial charge in [0.15, 0.2) is 0 Å². The van der Waals surface area contributed by atoms with E-state index < -0.39 is 5.97 Å². The molecule has 1 fully saturated rings. The molecule has 0 aromatic rings. The van der Waals surface area contributed by atoms with Crippen LogP contribution in [0.25, 0.3) is 0 Å². The fourth-order valence-corrected chi connectivity index (χ4v) is 3.74. The molecule has 0 bridgehead atoms. The van der Waals surface area contributed by atoms with Gasteiger partial charge in [-0.1, -0.05) is 0 Å². The maximum absolute atomic E-state index is 10.1. The zero-order chi connectivity index (χ0) is 6.91. The van der Waals surface area contributed by atoms with Gasteiger partial charge in [0.2, 0.25) is 0 Å². The van der Waals surface area contributed by atoms with Crippen molar-refractivity contribution in [3.8, 4) is 0 Å². The van der Waals surface area contributed by atoms with Crippen LogP contribution in [0.5, 0.6) is 0 Å². The van der Waals surface area contributed by atoms with Crippen LogP contribution in [0.1, 0.15) is 19.8 Å². The van der Waals surface area contributed by atoms with Gasteiger partial charge in [0.25, 0.3) is 0 Å². The Balaban J connectivity index is 2.12. The monoisotopic (exact) mass is 324 g/mol. The van der Waals surface area contributed by atoms with E-state index in [-0.39, 0.29) is 23.2 Å². The van der Waals surface area contributed by atoms with Gasteiger partial charge in [-0.3, -0.25) is 0 Å². The Labute approximate surface area is 66.2 Å². The maximum atomic E-state index is 10.1. The zero-order valence-corrected chi connectivity index (χ0v) is 9.36. The van der Waals surface area contributed by atoms with Crippen LogP contribution in [0.4, 0.5) is 0 Å². The summed E-state index contributed by atoms with van der Waals surface area (Å²) >= 11 is -0.240. The molecule has 52 valence electrons. The Morgan fingerprint density at radius 2 is 2.44 bits per heavy atom. The van der Waals surface area contributed by atoms with Crippen LogP contribution in [0.15, 0.2) is 0 Å². The number of rotatable bonds is 3. The molecule has 1 aliphatic rings. The Morgan fingerprint density at radius 1 is 1.89 bits per heavy atom. The van der Waals surface area contributed by atoms with Crippen molar-refractivity contribution in [3.63, 3.8) is 0 Å². The van der Waals surface area contributed by atoms with Gasteiger partial charge in [0, 0.05) is 0 Å². The second kappa shape index (κ2) is 2.53. The van der Waals surface area contributed by atoms with Crippen molar-refractivity contribution in [2.45, 2.75) is 27.0 Å². The summed E-state index contributed by atoms with van der Waals surface area (Å²) in [6.45, 7) is 2.24. The van der Waals surface area contributed by atoms with Crippen molar-refractivity contribution in [2.75, 3.05) is 0 Å². The van der Waals surface area contributed by atoms with Crippen molar-refractivity contribution in [2.24, 2.45) is 0 Å². The first-order valence-electron chi connectivity index (χ1n) is 3.09. The van der Waals surface area contributed by atoms with Gasteiger partial charge < -0.3 is 0 Å². The van der Waals surface area contributed by atoms with E-state index in [1.807, 2.05) is 0 Å². The van der Waals surface area contributed by atoms with E-state index >= 15 is 0 Å². The van der Waals surface area contributed by atoms with E-state index in [0.717, 1.165) is 6.42 Å². The molecule has 0 amide bonds. The number of carboxylic acid groups (broad SMARTS) is 1. The molecule has 0 aromatic carbocycles. The van der Waals surface area contributed by atoms with Gasteiger partial charge in [-0.15, -0.1) is 0 Å². The SMILES string of the molecule is C[C]1(CCC(=O)O)[CH2][BiH]1. The van der Waals surface area contributed by atoms with E-state index in [2.05, 4.69) is 6.92 Å². The summed E-state index contributed by atoms with van der Waals surface area (Å²) in [4.78, 5) is 10.1. The molecule has 1 unspecified atom stereocenters. The van der Waals surface area contributed by atoms with Crippen LogP contribution in [-0.4, -0.2) is 34.3 Å². The van der Waals surface area contributed by atoms with Crippen molar-refractivity contribution in [1.82, 2.24) is 0 Å². The quantitative estimate of drug-likeness (QED) is 0.783. The van der Waals surface area contributed by atoms with Gasteiger partial charge in [0.05, 0.1) is 0 Å². The zero-order valence-electron chi connectivity index (χ0n) is 5.48. The molecule has 1 rings (SSSR count). The molecule has 1 heterocycles. The van der Waals surface area contributed by atoms with Gasteiger partial charge in [-0.05, 0) is 0 Å². The van der Waals surface area contributed by atoms with Crippen LogP contribution in [-0.2, 0) is 4.79 Å². The molecule has 1 saturated heterocycles. The Morgan fingerprint density at radius 3 is 2.78 bits per heavy atom. The molecule has 1 aliphatic heterocycles. The summed E-state index contributed by atoms with van der Waals surface area (Å²) in [6.07, 6.45) is 1.34. The molecule has 0 radical (unpaired) electrons. The second-order valence-corrected chi connectivity index (χ2v) is 10.2. The van der Waals surface area contributed by atoms with Crippen LogP contribution >= 0.6 is 0 Å². The van der Waals surface area contributed by atoms with Crippen molar-refractivity contribution in [3.05, 3.63) is 0 Å². The standard InChI is InChI=1S/C6H10O2.Bi.H/c1-5(2)3-4-6(7)8;;/h1,3-4H2,2H3,(H,7,8);;. The fourth-order valence-electron chi connectivity index (χ4n) is 0.710. The Hall–Kier alpha value is 0.353. The molecule has 0 aliphatic carbocycles. The van der Waals surface area contributed by atoms with E-state index in [1.165, 1.54) is 4.13 Å². The van der Waals surface area contributed by atoms with Crippen LogP contribution in [0.3, 0.4) is 0 Å². The molecule has 0 saturated carbocycles. The number of hydrogen-bond acceptors (Lipinski definition) is 1. The first-order valence-corrected chi connectivity index (χ1v) is 7.78. The molecule has 2 nitrogen and oxygen atoms in total. The first-order chi connectivity index (χ1) is 4.12. The summed E-state index contributed by atoms with van der Waals surface area (Å²) < 4.78 is 2.01. The van der Waals surface area contributed by atoms with E-state index in [1.54, 1.807) is 0 Å². The predicted molar refractivity (Wildman–Crippen MR) is 37.2 cm³/mol. The third kappa shape index (κ3) is 2.62. The summed E-state index contributed by atoms with van der Waals surface area (Å²) in [5, 5.41) is 8.33. The van der Waals surface area contributed by atoms with Crippen molar-refractivity contribution < 1.29 is 9.90 Å². The number of carbonyl (C=O) groups is 1. The summed E-state index contributed by atoms with van der Waals surface area (Å²) in [5.74, 6) is -0.633. The molecule has 9 heavy (non-hydrogen) atoms. The minimum atomic E-state index is -0.633. The van der Waals surface area contributed by atoms with Gasteiger partial charge in [-0.2, -0.15) is 0 Å². The van der Waals surface area contributed by atoms with E-state index in [4.69, 9.17) is 5.11 Å².